The summed E-state index contributed by atoms with van der Waals surface area (Å²) < 4.78 is 46.6. The molecule has 0 spiro atoms. The molecule has 0 unspecified atom stereocenters. The van der Waals surface area contributed by atoms with E-state index in [1.165, 1.54) is 11.6 Å². The summed E-state index contributed by atoms with van der Waals surface area (Å²) in [6.45, 7) is 2.34. The highest BCUT2D eigenvalue weighted by atomic mass is 35.5. The molecule has 3 aromatic rings. The van der Waals surface area contributed by atoms with Crippen molar-refractivity contribution in [3.63, 3.8) is 0 Å². The molecule has 162 valence electrons. The zero-order valence-corrected chi connectivity index (χ0v) is 17.7. The van der Waals surface area contributed by atoms with E-state index in [4.69, 9.17) is 16.3 Å². The molecule has 0 bridgehead atoms. The zero-order valence-electron chi connectivity index (χ0n) is 16.9. The van der Waals surface area contributed by atoms with E-state index in [9.17, 15) is 13.2 Å². The average Bonchev–Trinajstić information content (AvgIpc) is 3.20. The van der Waals surface area contributed by atoms with E-state index in [2.05, 4.69) is 17.0 Å². The maximum Gasteiger partial charge on any atom is 0.416 e. The van der Waals surface area contributed by atoms with Gasteiger partial charge in [-0.15, -0.1) is 0 Å². The van der Waals surface area contributed by atoms with Crippen molar-refractivity contribution in [1.29, 1.82) is 0 Å². The Kier molecular flexibility index (Phi) is 6.65. The van der Waals surface area contributed by atoms with Crippen molar-refractivity contribution < 1.29 is 17.9 Å². The Morgan fingerprint density at radius 3 is 2.35 bits per heavy atom. The number of hydrogen-bond acceptors (Lipinski definition) is 2. The second kappa shape index (κ2) is 9.43. The summed E-state index contributed by atoms with van der Waals surface area (Å²) in [6.07, 6.45) is -3.69. The van der Waals surface area contributed by atoms with Crippen LogP contribution in [0.3, 0.4) is 0 Å². The maximum absolute atomic E-state index is 13.6. The molecule has 0 N–H and O–H groups in total. The van der Waals surface area contributed by atoms with Crippen LogP contribution < -0.4 is 0 Å². The Labute approximate surface area is 185 Å². The van der Waals surface area contributed by atoms with Crippen LogP contribution in [0, 0.1) is 0 Å². The van der Waals surface area contributed by atoms with Crippen molar-refractivity contribution >= 4 is 11.6 Å². The second-order valence-electron chi connectivity index (χ2n) is 7.82. The number of benzene rings is 3. The van der Waals surface area contributed by atoms with Crippen molar-refractivity contribution in [2.24, 2.45) is 0 Å². The predicted octanol–water partition coefficient (Wildman–Crippen LogP) is 6.82. The van der Waals surface area contributed by atoms with Crippen molar-refractivity contribution in [3.8, 4) is 11.1 Å². The lowest BCUT2D eigenvalue weighted by molar-refractivity contribution is -0.139. The number of nitrogens with zero attached hydrogens (tertiary/aromatic N) is 1. The first-order valence-electron chi connectivity index (χ1n) is 10.2. The minimum atomic E-state index is -4.42. The van der Waals surface area contributed by atoms with E-state index >= 15 is 0 Å². The fourth-order valence-electron chi connectivity index (χ4n) is 3.94. The van der Waals surface area contributed by atoms with Gasteiger partial charge in [-0.05, 0) is 52.9 Å². The van der Waals surface area contributed by atoms with Crippen molar-refractivity contribution in [2.45, 2.75) is 31.9 Å². The molecule has 2 nitrogen and oxygen atoms in total. The number of ether oxygens (including phenoxy) is 1. The Hall–Kier alpha value is -2.34. The molecular formula is C25H23ClF3NO. The first-order valence-corrected chi connectivity index (χ1v) is 10.6. The molecule has 1 heterocycles. The van der Waals surface area contributed by atoms with Crippen LogP contribution in [-0.4, -0.2) is 24.1 Å². The molecule has 4 rings (SSSR count). The van der Waals surface area contributed by atoms with Gasteiger partial charge in [0.1, 0.15) is 0 Å². The van der Waals surface area contributed by atoms with E-state index in [0.29, 0.717) is 17.1 Å². The molecule has 0 radical (unpaired) electrons. The third-order valence-electron chi connectivity index (χ3n) is 5.54. The van der Waals surface area contributed by atoms with Crippen molar-refractivity contribution in [2.75, 3.05) is 13.1 Å². The van der Waals surface area contributed by atoms with Crippen LogP contribution in [0.15, 0.2) is 72.8 Å². The lowest BCUT2D eigenvalue weighted by Gasteiger charge is -2.18. The van der Waals surface area contributed by atoms with Gasteiger partial charge in [0.25, 0.3) is 0 Å². The number of hydrogen-bond donors (Lipinski definition) is 0. The van der Waals surface area contributed by atoms with Crippen LogP contribution >= 0.6 is 11.6 Å². The molecular weight excluding hydrogens is 423 g/mol. The van der Waals surface area contributed by atoms with Crippen LogP contribution in [0.5, 0.6) is 0 Å². The van der Waals surface area contributed by atoms with Gasteiger partial charge in [0.2, 0.25) is 0 Å². The maximum atomic E-state index is 13.6. The minimum Gasteiger partial charge on any atom is -0.372 e. The summed E-state index contributed by atoms with van der Waals surface area (Å²) in [5.41, 5.74) is 2.25. The Balaban J connectivity index is 1.45. The number of likely N-dealkylation sites (tertiary alicyclic amines) is 1. The Morgan fingerprint density at radius 2 is 1.65 bits per heavy atom. The quantitative estimate of drug-likeness (QED) is 0.413. The molecule has 3 aromatic carbocycles. The molecule has 31 heavy (non-hydrogen) atoms. The van der Waals surface area contributed by atoms with Gasteiger partial charge in [0.05, 0.1) is 18.3 Å². The van der Waals surface area contributed by atoms with E-state index in [-0.39, 0.29) is 18.3 Å². The summed E-state index contributed by atoms with van der Waals surface area (Å²) >= 11 is 5.93. The monoisotopic (exact) mass is 445 g/mol. The number of rotatable bonds is 6. The fraction of sp³-hybridized carbons (Fsp3) is 0.280. The van der Waals surface area contributed by atoms with Crippen molar-refractivity contribution in [1.82, 2.24) is 4.90 Å². The van der Waals surface area contributed by atoms with Gasteiger partial charge in [0.15, 0.2) is 0 Å². The summed E-state index contributed by atoms with van der Waals surface area (Å²) in [5, 5.41) is 0.584. The Bertz CT molecular complexity index is 1010. The zero-order chi connectivity index (χ0) is 21.8. The van der Waals surface area contributed by atoms with E-state index in [1.807, 2.05) is 18.2 Å². The van der Waals surface area contributed by atoms with Gasteiger partial charge in [-0.3, -0.25) is 4.90 Å². The first-order chi connectivity index (χ1) is 14.9. The topological polar surface area (TPSA) is 12.5 Å². The smallest absolute Gasteiger partial charge is 0.372 e. The summed E-state index contributed by atoms with van der Waals surface area (Å²) in [5.74, 6) is 0. The highest BCUT2D eigenvalue weighted by molar-refractivity contribution is 6.30. The van der Waals surface area contributed by atoms with Crippen LogP contribution in [-0.2, 0) is 24.1 Å². The lowest BCUT2D eigenvalue weighted by Crippen LogP contribution is -2.23. The predicted molar refractivity (Wildman–Crippen MR) is 117 cm³/mol. The molecule has 1 saturated heterocycles. The number of halogens is 4. The molecule has 0 amide bonds. The van der Waals surface area contributed by atoms with Gasteiger partial charge in [-0.2, -0.15) is 13.2 Å². The van der Waals surface area contributed by atoms with Gasteiger partial charge >= 0.3 is 6.18 Å². The molecule has 1 aliphatic rings. The highest BCUT2D eigenvalue weighted by Gasteiger charge is 2.34. The molecule has 0 aliphatic carbocycles. The average molecular weight is 446 g/mol. The SMILES string of the molecule is FC(F)(F)c1ccc(-c2ccc(Cl)cc2)cc1CO[C@H]1CCN(Cc2ccccc2)C1. The molecule has 6 heteroatoms. The van der Waals surface area contributed by atoms with E-state index < -0.39 is 11.7 Å². The largest absolute Gasteiger partial charge is 0.416 e. The third-order valence-corrected chi connectivity index (χ3v) is 5.79. The minimum absolute atomic E-state index is 0.0693. The summed E-state index contributed by atoms with van der Waals surface area (Å²) in [6, 6.07) is 21.4. The molecule has 0 aromatic heterocycles. The van der Waals surface area contributed by atoms with Crippen LogP contribution in [0.4, 0.5) is 13.2 Å². The lowest BCUT2D eigenvalue weighted by atomic mass is 9.99. The fourth-order valence-corrected chi connectivity index (χ4v) is 4.06. The van der Waals surface area contributed by atoms with Crippen LogP contribution in [0.25, 0.3) is 11.1 Å². The Morgan fingerprint density at radius 1 is 0.935 bits per heavy atom. The molecule has 1 aliphatic heterocycles. The van der Waals surface area contributed by atoms with E-state index in [1.54, 1.807) is 30.3 Å². The first kappa shape index (κ1) is 21.9. The summed E-state index contributed by atoms with van der Waals surface area (Å²) in [4.78, 5) is 2.27. The van der Waals surface area contributed by atoms with Gasteiger partial charge in [-0.1, -0.05) is 60.1 Å². The summed E-state index contributed by atoms with van der Waals surface area (Å²) in [7, 11) is 0. The van der Waals surface area contributed by atoms with Gasteiger partial charge < -0.3 is 4.74 Å². The molecule has 0 saturated carbocycles. The van der Waals surface area contributed by atoms with Crippen molar-refractivity contribution in [3.05, 3.63) is 94.5 Å². The number of alkyl halides is 3. The van der Waals surface area contributed by atoms with E-state index in [0.717, 1.165) is 31.1 Å². The molecule has 1 fully saturated rings. The van der Waals surface area contributed by atoms with Crippen LogP contribution in [0.2, 0.25) is 5.02 Å². The van der Waals surface area contributed by atoms with Gasteiger partial charge in [-0.25, -0.2) is 0 Å². The second-order valence-corrected chi connectivity index (χ2v) is 8.26. The van der Waals surface area contributed by atoms with Gasteiger partial charge in [0, 0.05) is 24.7 Å². The highest BCUT2D eigenvalue weighted by Crippen LogP contribution is 2.35. The normalized spacial score (nSPS) is 17.2. The standard InChI is InChI=1S/C25H23ClF3NO/c26-22-9-6-19(7-10-22)20-8-11-24(25(27,28)29)21(14-20)17-31-23-12-13-30(16-23)15-18-4-2-1-3-5-18/h1-11,14,23H,12-13,15-17H2/t23-/m0/s1. The third kappa shape index (κ3) is 5.67. The van der Waals surface area contributed by atoms with Crippen LogP contribution in [0.1, 0.15) is 23.1 Å². The molecule has 1 atom stereocenters.